The maximum absolute atomic E-state index is 5.85. The molecule has 0 radical (unpaired) electrons. The van der Waals surface area contributed by atoms with E-state index in [4.69, 9.17) is 18.0 Å². The molecule has 1 aromatic carbocycles. The number of aromatic nitrogens is 1. The SMILES string of the molecule is CCC(Nc1c(C(N)=S)cnc2ccccc12)C(C)C. The second-order valence-electron chi connectivity index (χ2n) is 5.33. The predicted molar refractivity (Wildman–Crippen MR) is 90.2 cm³/mol. The van der Waals surface area contributed by atoms with Gasteiger partial charge in [-0.1, -0.05) is 51.2 Å². The van der Waals surface area contributed by atoms with Crippen LogP contribution in [-0.4, -0.2) is 16.0 Å². The van der Waals surface area contributed by atoms with Gasteiger partial charge in [0.15, 0.2) is 0 Å². The normalized spacial score (nSPS) is 12.6. The standard InChI is InChI=1S/C16H21N3S/c1-4-13(10(2)3)19-15-11-7-5-6-8-14(11)18-9-12(15)16(17)20/h5-10,13H,4H2,1-3H3,(H2,17,20)(H,18,19). The van der Waals surface area contributed by atoms with Crippen LogP contribution in [0.2, 0.25) is 0 Å². The third-order valence-corrected chi connectivity index (χ3v) is 3.84. The van der Waals surface area contributed by atoms with Crippen LogP contribution in [0.25, 0.3) is 10.9 Å². The lowest BCUT2D eigenvalue weighted by atomic mass is 10.00. The first-order valence-electron chi connectivity index (χ1n) is 6.98. The minimum absolute atomic E-state index is 0.379. The zero-order valence-corrected chi connectivity index (χ0v) is 13.0. The summed E-state index contributed by atoms with van der Waals surface area (Å²) >= 11 is 5.17. The molecule has 2 aromatic rings. The summed E-state index contributed by atoms with van der Waals surface area (Å²) in [6.45, 7) is 6.61. The van der Waals surface area contributed by atoms with Gasteiger partial charge in [-0.2, -0.15) is 0 Å². The monoisotopic (exact) mass is 287 g/mol. The molecular weight excluding hydrogens is 266 g/mol. The molecule has 2 rings (SSSR count). The lowest BCUT2D eigenvalue weighted by Gasteiger charge is -2.24. The maximum Gasteiger partial charge on any atom is 0.107 e. The van der Waals surface area contributed by atoms with E-state index in [1.807, 2.05) is 18.2 Å². The third-order valence-electron chi connectivity index (χ3n) is 3.62. The number of hydrogen-bond acceptors (Lipinski definition) is 3. The number of nitrogens with zero attached hydrogens (tertiary/aromatic N) is 1. The summed E-state index contributed by atoms with van der Waals surface area (Å²) < 4.78 is 0. The van der Waals surface area contributed by atoms with Crippen molar-refractivity contribution in [2.24, 2.45) is 11.7 Å². The van der Waals surface area contributed by atoms with Crippen molar-refractivity contribution >= 4 is 33.8 Å². The lowest BCUT2D eigenvalue weighted by molar-refractivity contribution is 0.511. The molecule has 1 aromatic heterocycles. The molecule has 106 valence electrons. The average Bonchev–Trinajstić information content (AvgIpc) is 2.43. The molecule has 1 atom stereocenters. The van der Waals surface area contributed by atoms with Gasteiger partial charge in [-0.25, -0.2) is 0 Å². The van der Waals surface area contributed by atoms with Gasteiger partial charge in [0.25, 0.3) is 0 Å². The number of nitrogens with one attached hydrogen (secondary N) is 1. The van der Waals surface area contributed by atoms with Gasteiger partial charge < -0.3 is 11.1 Å². The van der Waals surface area contributed by atoms with E-state index in [1.54, 1.807) is 6.20 Å². The van der Waals surface area contributed by atoms with Crippen molar-refractivity contribution in [3.05, 3.63) is 36.0 Å². The Balaban J connectivity index is 2.57. The van der Waals surface area contributed by atoms with Crippen LogP contribution >= 0.6 is 12.2 Å². The minimum Gasteiger partial charge on any atom is -0.389 e. The molecule has 1 heterocycles. The highest BCUT2D eigenvalue weighted by molar-refractivity contribution is 7.80. The van der Waals surface area contributed by atoms with Crippen LogP contribution in [-0.2, 0) is 0 Å². The lowest BCUT2D eigenvalue weighted by Crippen LogP contribution is -2.26. The van der Waals surface area contributed by atoms with Gasteiger partial charge in [-0.3, -0.25) is 4.98 Å². The average molecular weight is 287 g/mol. The molecule has 0 fully saturated rings. The molecule has 0 saturated heterocycles. The highest BCUT2D eigenvalue weighted by Gasteiger charge is 2.16. The largest absolute Gasteiger partial charge is 0.389 e. The zero-order valence-electron chi connectivity index (χ0n) is 12.2. The Hall–Kier alpha value is -1.68. The number of hydrogen-bond donors (Lipinski definition) is 2. The Bertz CT molecular complexity index is 622. The number of benzene rings is 1. The number of rotatable bonds is 5. The Labute approximate surface area is 125 Å². The van der Waals surface area contributed by atoms with Gasteiger partial charge in [0.2, 0.25) is 0 Å². The van der Waals surface area contributed by atoms with E-state index < -0.39 is 0 Å². The van der Waals surface area contributed by atoms with Crippen molar-refractivity contribution in [3.8, 4) is 0 Å². The first-order valence-corrected chi connectivity index (χ1v) is 7.39. The van der Waals surface area contributed by atoms with E-state index in [9.17, 15) is 0 Å². The number of pyridine rings is 1. The highest BCUT2D eigenvalue weighted by atomic mass is 32.1. The summed E-state index contributed by atoms with van der Waals surface area (Å²) in [5, 5.41) is 4.68. The van der Waals surface area contributed by atoms with Gasteiger partial charge in [0.05, 0.1) is 16.8 Å². The summed E-state index contributed by atoms with van der Waals surface area (Å²) in [5.41, 5.74) is 8.62. The van der Waals surface area contributed by atoms with E-state index in [1.165, 1.54) is 0 Å². The van der Waals surface area contributed by atoms with Crippen LogP contribution in [0.1, 0.15) is 32.8 Å². The fourth-order valence-electron chi connectivity index (χ4n) is 2.41. The van der Waals surface area contributed by atoms with Crippen LogP contribution in [0, 0.1) is 5.92 Å². The van der Waals surface area contributed by atoms with E-state index >= 15 is 0 Å². The third kappa shape index (κ3) is 2.90. The molecule has 20 heavy (non-hydrogen) atoms. The van der Waals surface area contributed by atoms with Crippen molar-refractivity contribution in [3.63, 3.8) is 0 Å². The number of thiocarbonyl (C=S) groups is 1. The molecule has 0 spiro atoms. The molecule has 3 N–H and O–H groups in total. The van der Waals surface area contributed by atoms with Gasteiger partial charge in [-0.15, -0.1) is 0 Å². The van der Waals surface area contributed by atoms with Crippen LogP contribution in [0.15, 0.2) is 30.5 Å². The molecule has 1 unspecified atom stereocenters. The quantitative estimate of drug-likeness (QED) is 0.823. The molecule has 0 aliphatic heterocycles. The first kappa shape index (κ1) is 14.7. The van der Waals surface area contributed by atoms with Gasteiger partial charge >= 0.3 is 0 Å². The van der Waals surface area contributed by atoms with E-state index in [-0.39, 0.29) is 0 Å². The van der Waals surface area contributed by atoms with E-state index in [2.05, 4.69) is 37.1 Å². The maximum atomic E-state index is 5.85. The minimum atomic E-state index is 0.379. The van der Waals surface area contributed by atoms with Crippen LogP contribution in [0.5, 0.6) is 0 Å². The number of fused-ring (bicyclic) bond motifs is 1. The van der Waals surface area contributed by atoms with Crippen molar-refractivity contribution in [1.82, 2.24) is 4.98 Å². The second-order valence-corrected chi connectivity index (χ2v) is 5.77. The summed E-state index contributed by atoms with van der Waals surface area (Å²) in [6, 6.07) is 8.43. The Morgan fingerprint density at radius 1 is 1.35 bits per heavy atom. The smallest absolute Gasteiger partial charge is 0.107 e. The van der Waals surface area contributed by atoms with Crippen LogP contribution < -0.4 is 11.1 Å². The van der Waals surface area contributed by atoms with E-state index in [0.717, 1.165) is 28.6 Å². The molecule has 0 amide bonds. The first-order chi connectivity index (χ1) is 9.54. The van der Waals surface area contributed by atoms with Crippen molar-refractivity contribution in [2.75, 3.05) is 5.32 Å². The molecule has 3 nitrogen and oxygen atoms in total. The van der Waals surface area contributed by atoms with Gasteiger partial charge in [0, 0.05) is 17.6 Å². The van der Waals surface area contributed by atoms with Crippen LogP contribution in [0.4, 0.5) is 5.69 Å². The Morgan fingerprint density at radius 3 is 2.65 bits per heavy atom. The van der Waals surface area contributed by atoms with E-state index in [0.29, 0.717) is 16.9 Å². The molecule has 4 heteroatoms. The molecule has 0 saturated carbocycles. The molecule has 0 aliphatic rings. The zero-order chi connectivity index (χ0) is 14.7. The van der Waals surface area contributed by atoms with Crippen molar-refractivity contribution in [2.45, 2.75) is 33.2 Å². The number of nitrogens with two attached hydrogens (primary N) is 1. The summed E-state index contributed by atoms with van der Waals surface area (Å²) in [6.07, 6.45) is 2.81. The fourth-order valence-corrected chi connectivity index (χ4v) is 2.56. The number of para-hydroxylation sites is 1. The Kier molecular flexibility index (Phi) is 4.55. The summed E-state index contributed by atoms with van der Waals surface area (Å²) in [7, 11) is 0. The molecular formula is C16H21N3S. The topological polar surface area (TPSA) is 50.9 Å². The van der Waals surface area contributed by atoms with Crippen molar-refractivity contribution in [1.29, 1.82) is 0 Å². The summed E-state index contributed by atoms with van der Waals surface area (Å²) in [4.78, 5) is 4.81. The molecule has 0 aliphatic carbocycles. The fraction of sp³-hybridized carbons (Fsp3) is 0.375. The summed E-state index contributed by atoms with van der Waals surface area (Å²) in [5.74, 6) is 0.533. The predicted octanol–water partition coefficient (Wildman–Crippen LogP) is 3.72. The number of anilines is 1. The van der Waals surface area contributed by atoms with Gasteiger partial charge in [0.1, 0.15) is 4.99 Å². The van der Waals surface area contributed by atoms with Crippen molar-refractivity contribution < 1.29 is 0 Å². The molecule has 0 bridgehead atoms. The van der Waals surface area contributed by atoms with Gasteiger partial charge in [-0.05, 0) is 18.4 Å². The van der Waals surface area contributed by atoms with Crippen LogP contribution in [0.3, 0.4) is 0 Å². The highest BCUT2D eigenvalue weighted by Crippen LogP contribution is 2.28. The Morgan fingerprint density at radius 2 is 2.05 bits per heavy atom. The second kappa shape index (κ2) is 6.18.